The van der Waals surface area contributed by atoms with Crippen molar-refractivity contribution in [1.82, 2.24) is 5.32 Å². The minimum Gasteiger partial charge on any atom is -0.486 e. The Kier molecular flexibility index (Phi) is 6.22. The van der Waals surface area contributed by atoms with Crippen LogP contribution < -0.4 is 19.1 Å². The maximum absolute atomic E-state index is 12.3. The van der Waals surface area contributed by atoms with Crippen LogP contribution >= 0.6 is 23.2 Å². The molecule has 1 amide bonds. The molecule has 1 aliphatic rings. The van der Waals surface area contributed by atoms with E-state index in [0.29, 0.717) is 11.5 Å². The fraction of sp³-hybridized carbons (Fsp3) is 0.278. The molecule has 10 heteroatoms. The number of anilines is 1. The molecule has 1 heterocycles. The van der Waals surface area contributed by atoms with Gasteiger partial charge in [0.1, 0.15) is 19.3 Å². The first kappa shape index (κ1) is 20.6. The molecule has 0 radical (unpaired) electrons. The molecular formula is C18H18Cl2N2O5S. The summed E-state index contributed by atoms with van der Waals surface area (Å²) in [6, 6.07) is 11.6. The lowest BCUT2D eigenvalue weighted by molar-refractivity contribution is -0.120. The largest absolute Gasteiger partial charge is 0.486 e. The highest BCUT2D eigenvalue weighted by molar-refractivity contribution is 7.92. The molecule has 0 bridgehead atoms. The van der Waals surface area contributed by atoms with Gasteiger partial charge in [-0.2, -0.15) is 0 Å². The first-order chi connectivity index (χ1) is 13.2. The van der Waals surface area contributed by atoms with Crippen LogP contribution in [0.2, 0.25) is 10.0 Å². The Balaban J connectivity index is 1.62. The zero-order valence-corrected chi connectivity index (χ0v) is 17.2. The van der Waals surface area contributed by atoms with Crippen LogP contribution in [-0.4, -0.2) is 46.4 Å². The first-order valence-corrected chi connectivity index (χ1v) is 10.9. The molecule has 2 aromatic rings. The molecule has 0 aromatic heterocycles. The molecule has 0 saturated heterocycles. The number of rotatable bonds is 6. The number of halogens is 2. The Bertz CT molecular complexity index is 984. The summed E-state index contributed by atoms with van der Waals surface area (Å²) >= 11 is 11.8. The van der Waals surface area contributed by atoms with E-state index < -0.39 is 22.5 Å². The summed E-state index contributed by atoms with van der Waals surface area (Å²) in [6.45, 7) is 0.0486. The maximum atomic E-state index is 12.3. The topological polar surface area (TPSA) is 84.9 Å². The maximum Gasteiger partial charge on any atom is 0.240 e. The van der Waals surface area contributed by atoms with Crippen LogP contribution in [0.5, 0.6) is 11.5 Å². The van der Waals surface area contributed by atoms with Crippen molar-refractivity contribution in [3.8, 4) is 11.5 Å². The first-order valence-electron chi connectivity index (χ1n) is 8.32. The van der Waals surface area contributed by atoms with Crippen LogP contribution in [0.1, 0.15) is 0 Å². The van der Waals surface area contributed by atoms with E-state index in [4.69, 9.17) is 32.7 Å². The molecular weight excluding hydrogens is 427 g/mol. The Morgan fingerprint density at radius 1 is 1.18 bits per heavy atom. The van der Waals surface area contributed by atoms with Gasteiger partial charge in [0.2, 0.25) is 15.9 Å². The van der Waals surface area contributed by atoms with Crippen molar-refractivity contribution in [3.05, 3.63) is 52.5 Å². The third-order valence-electron chi connectivity index (χ3n) is 3.97. The van der Waals surface area contributed by atoms with Gasteiger partial charge in [-0.3, -0.25) is 9.10 Å². The number of carbonyl (C=O) groups excluding carboxylic acids is 1. The molecule has 150 valence electrons. The van der Waals surface area contributed by atoms with E-state index in [-0.39, 0.29) is 35.0 Å². The van der Waals surface area contributed by atoms with Crippen molar-refractivity contribution in [3.63, 3.8) is 0 Å². The second kappa shape index (κ2) is 8.46. The fourth-order valence-electron chi connectivity index (χ4n) is 2.62. The normalized spacial score (nSPS) is 15.8. The molecule has 28 heavy (non-hydrogen) atoms. The number of fused-ring (bicyclic) bond motifs is 1. The minimum absolute atomic E-state index is 0.173. The van der Waals surface area contributed by atoms with Crippen LogP contribution in [0, 0.1) is 0 Å². The fourth-order valence-corrected chi connectivity index (χ4v) is 3.76. The molecule has 7 nitrogen and oxygen atoms in total. The number of sulfonamides is 1. The monoisotopic (exact) mass is 444 g/mol. The number of para-hydroxylation sites is 2. The van der Waals surface area contributed by atoms with Crippen LogP contribution in [0.3, 0.4) is 0 Å². The highest BCUT2D eigenvalue weighted by Crippen LogP contribution is 2.31. The number of benzene rings is 2. The molecule has 1 aliphatic heterocycles. The van der Waals surface area contributed by atoms with Gasteiger partial charge in [0.25, 0.3) is 0 Å². The van der Waals surface area contributed by atoms with Gasteiger partial charge in [0.15, 0.2) is 11.5 Å². The third kappa shape index (κ3) is 5.01. The summed E-state index contributed by atoms with van der Waals surface area (Å²) in [7, 11) is -3.71. The summed E-state index contributed by atoms with van der Waals surface area (Å²) in [5.74, 6) is 0.758. The number of ether oxygens (including phenoxy) is 2. The quantitative estimate of drug-likeness (QED) is 0.739. The van der Waals surface area contributed by atoms with Gasteiger partial charge in [-0.25, -0.2) is 8.42 Å². The van der Waals surface area contributed by atoms with E-state index >= 15 is 0 Å². The summed E-state index contributed by atoms with van der Waals surface area (Å²) in [6.07, 6.45) is 0.633. The van der Waals surface area contributed by atoms with Crippen molar-refractivity contribution in [1.29, 1.82) is 0 Å². The van der Waals surface area contributed by atoms with Crippen LogP contribution in [0.4, 0.5) is 5.69 Å². The van der Waals surface area contributed by atoms with E-state index in [0.717, 1.165) is 10.6 Å². The molecule has 3 rings (SSSR count). The molecule has 0 saturated carbocycles. The van der Waals surface area contributed by atoms with Gasteiger partial charge in [-0.1, -0.05) is 35.3 Å². The van der Waals surface area contributed by atoms with Gasteiger partial charge in [0, 0.05) is 0 Å². The second-order valence-corrected chi connectivity index (χ2v) is 8.89. The van der Waals surface area contributed by atoms with Crippen molar-refractivity contribution < 1.29 is 22.7 Å². The molecule has 1 atom stereocenters. The van der Waals surface area contributed by atoms with Crippen LogP contribution in [0.25, 0.3) is 0 Å². The predicted octanol–water partition coefficient (Wildman–Crippen LogP) is 2.72. The van der Waals surface area contributed by atoms with Crippen LogP contribution in [0.15, 0.2) is 42.5 Å². The second-order valence-electron chi connectivity index (χ2n) is 6.17. The van der Waals surface area contributed by atoms with Gasteiger partial charge in [-0.05, 0) is 30.3 Å². The lowest BCUT2D eigenvalue weighted by atomic mass is 10.2. The number of amides is 1. The average Bonchev–Trinajstić information content (AvgIpc) is 2.65. The molecule has 1 unspecified atom stereocenters. The van der Waals surface area contributed by atoms with Crippen LogP contribution in [-0.2, 0) is 14.8 Å². The van der Waals surface area contributed by atoms with E-state index in [1.54, 1.807) is 12.1 Å². The highest BCUT2D eigenvalue weighted by atomic mass is 35.5. The molecule has 2 aromatic carbocycles. The standard InChI is InChI=1S/C18H18Cl2N2O5S/c1-28(24,25)22(12-6-7-14(19)15(20)8-12)10-18(23)21-9-13-11-26-16-4-2-3-5-17(16)27-13/h2-8,13H,9-11H2,1H3,(H,21,23). The summed E-state index contributed by atoms with van der Waals surface area (Å²) in [4.78, 5) is 12.3. The number of nitrogens with zero attached hydrogens (tertiary/aromatic N) is 1. The van der Waals surface area contributed by atoms with E-state index in [1.165, 1.54) is 18.2 Å². The molecule has 0 aliphatic carbocycles. The molecule has 1 N–H and O–H groups in total. The zero-order valence-electron chi connectivity index (χ0n) is 14.9. The number of hydrogen-bond donors (Lipinski definition) is 1. The Hall–Kier alpha value is -2.16. The smallest absolute Gasteiger partial charge is 0.240 e. The van der Waals surface area contributed by atoms with Crippen molar-refractivity contribution >= 4 is 44.8 Å². The summed E-state index contributed by atoms with van der Waals surface area (Å²) in [5.41, 5.74) is 0.248. The highest BCUT2D eigenvalue weighted by Gasteiger charge is 2.24. The summed E-state index contributed by atoms with van der Waals surface area (Å²) in [5, 5.41) is 3.16. The van der Waals surface area contributed by atoms with Crippen molar-refractivity contribution in [2.24, 2.45) is 0 Å². The zero-order chi connectivity index (χ0) is 20.3. The molecule has 0 fully saturated rings. The number of hydrogen-bond acceptors (Lipinski definition) is 5. The Morgan fingerprint density at radius 3 is 2.57 bits per heavy atom. The van der Waals surface area contributed by atoms with Gasteiger partial charge < -0.3 is 14.8 Å². The van der Waals surface area contributed by atoms with Gasteiger partial charge >= 0.3 is 0 Å². The Morgan fingerprint density at radius 2 is 1.89 bits per heavy atom. The van der Waals surface area contributed by atoms with E-state index in [2.05, 4.69) is 5.32 Å². The number of carbonyl (C=O) groups is 1. The van der Waals surface area contributed by atoms with Gasteiger partial charge in [0.05, 0.1) is 28.5 Å². The lowest BCUT2D eigenvalue weighted by Crippen LogP contribution is -2.45. The number of nitrogens with one attached hydrogen (secondary N) is 1. The van der Waals surface area contributed by atoms with E-state index in [9.17, 15) is 13.2 Å². The lowest BCUT2D eigenvalue weighted by Gasteiger charge is -2.27. The third-order valence-corrected chi connectivity index (χ3v) is 5.85. The SMILES string of the molecule is CS(=O)(=O)N(CC(=O)NCC1COc2ccccc2O1)c1ccc(Cl)c(Cl)c1. The molecule has 0 spiro atoms. The Labute approximate surface area is 173 Å². The van der Waals surface area contributed by atoms with Crippen molar-refractivity contribution in [2.45, 2.75) is 6.10 Å². The summed E-state index contributed by atoms with van der Waals surface area (Å²) < 4.78 is 36.6. The van der Waals surface area contributed by atoms with Gasteiger partial charge in [-0.15, -0.1) is 0 Å². The van der Waals surface area contributed by atoms with E-state index in [1.807, 2.05) is 12.1 Å². The van der Waals surface area contributed by atoms with Crippen molar-refractivity contribution in [2.75, 3.05) is 30.3 Å². The predicted molar refractivity (Wildman–Crippen MR) is 108 cm³/mol. The average molecular weight is 445 g/mol. The minimum atomic E-state index is -3.71.